The number of carbonyl (C=O) groups excluding carboxylic acids is 1. The Morgan fingerprint density at radius 1 is 0.867 bits per heavy atom. The molecule has 0 bridgehead atoms. The van der Waals surface area contributed by atoms with Gasteiger partial charge in [0.1, 0.15) is 11.5 Å². The number of hydrogen-bond donors (Lipinski definition) is 0. The highest BCUT2D eigenvalue weighted by atomic mass is 16.5. The summed E-state index contributed by atoms with van der Waals surface area (Å²) >= 11 is 0. The number of methoxy groups -OCH3 is 3. The number of nitrogens with zero attached hydrogens (tertiary/aromatic N) is 2. The number of aryl methyl sites for hydroxylation is 1. The summed E-state index contributed by atoms with van der Waals surface area (Å²) in [6.07, 6.45) is 0. The van der Waals surface area contributed by atoms with Gasteiger partial charge in [-0.1, -0.05) is 6.07 Å². The number of ether oxygens (including phenoxy) is 4. The third kappa shape index (κ3) is 5.36. The van der Waals surface area contributed by atoms with Gasteiger partial charge in [0, 0.05) is 38.3 Å². The van der Waals surface area contributed by atoms with E-state index in [1.54, 1.807) is 21.3 Å². The van der Waals surface area contributed by atoms with E-state index in [4.69, 9.17) is 18.9 Å². The Morgan fingerprint density at radius 2 is 1.57 bits per heavy atom. The number of benzene rings is 2. The van der Waals surface area contributed by atoms with Gasteiger partial charge in [-0.25, -0.2) is 0 Å². The zero-order valence-electron chi connectivity index (χ0n) is 18.1. The minimum atomic E-state index is -0.0174. The van der Waals surface area contributed by atoms with Crippen LogP contribution in [0.4, 0.5) is 0 Å². The lowest BCUT2D eigenvalue weighted by molar-refractivity contribution is -0.135. The van der Waals surface area contributed by atoms with E-state index >= 15 is 0 Å². The highest BCUT2D eigenvalue weighted by Crippen LogP contribution is 2.28. The van der Waals surface area contributed by atoms with Crippen LogP contribution in [0, 0.1) is 6.92 Å². The van der Waals surface area contributed by atoms with Crippen LogP contribution in [-0.2, 0) is 11.3 Å². The van der Waals surface area contributed by atoms with Gasteiger partial charge in [-0.3, -0.25) is 9.69 Å². The van der Waals surface area contributed by atoms with Crippen LogP contribution in [0.3, 0.4) is 0 Å². The lowest BCUT2D eigenvalue weighted by atomic mass is 10.1. The maximum atomic E-state index is 12.6. The Morgan fingerprint density at radius 3 is 2.23 bits per heavy atom. The van der Waals surface area contributed by atoms with Crippen molar-refractivity contribution < 1.29 is 23.7 Å². The zero-order chi connectivity index (χ0) is 21.5. The van der Waals surface area contributed by atoms with Gasteiger partial charge in [0.25, 0.3) is 5.91 Å². The second-order valence-electron chi connectivity index (χ2n) is 7.28. The van der Waals surface area contributed by atoms with Crippen LogP contribution in [0.1, 0.15) is 11.1 Å². The maximum Gasteiger partial charge on any atom is 0.260 e. The molecule has 3 rings (SSSR count). The van der Waals surface area contributed by atoms with Crippen molar-refractivity contribution in [2.24, 2.45) is 0 Å². The Labute approximate surface area is 178 Å². The van der Waals surface area contributed by atoms with Crippen LogP contribution in [-0.4, -0.2) is 69.8 Å². The molecule has 0 saturated carbocycles. The fourth-order valence-corrected chi connectivity index (χ4v) is 3.53. The normalized spacial score (nSPS) is 14.3. The summed E-state index contributed by atoms with van der Waals surface area (Å²) in [5.74, 6) is 2.86. The fourth-order valence-electron chi connectivity index (χ4n) is 3.53. The van der Waals surface area contributed by atoms with Crippen LogP contribution in [0.5, 0.6) is 23.0 Å². The molecule has 1 amide bonds. The number of rotatable bonds is 8. The van der Waals surface area contributed by atoms with Crippen LogP contribution < -0.4 is 18.9 Å². The topological polar surface area (TPSA) is 60.5 Å². The monoisotopic (exact) mass is 414 g/mol. The van der Waals surface area contributed by atoms with Crippen LogP contribution in [0.25, 0.3) is 0 Å². The highest BCUT2D eigenvalue weighted by molar-refractivity contribution is 5.78. The van der Waals surface area contributed by atoms with Gasteiger partial charge in [0.15, 0.2) is 18.1 Å². The molecule has 7 nitrogen and oxygen atoms in total. The van der Waals surface area contributed by atoms with Crippen molar-refractivity contribution in [2.45, 2.75) is 13.5 Å². The molecular weight excluding hydrogens is 384 g/mol. The van der Waals surface area contributed by atoms with Gasteiger partial charge >= 0.3 is 0 Å². The average Bonchev–Trinajstić information content (AvgIpc) is 2.78. The largest absolute Gasteiger partial charge is 0.497 e. The molecule has 30 heavy (non-hydrogen) atoms. The van der Waals surface area contributed by atoms with E-state index in [1.165, 1.54) is 0 Å². The number of amides is 1. The molecule has 1 saturated heterocycles. The number of hydrogen-bond acceptors (Lipinski definition) is 6. The summed E-state index contributed by atoms with van der Waals surface area (Å²) < 4.78 is 21.9. The number of piperazine rings is 1. The summed E-state index contributed by atoms with van der Waals surface area (Å²) in [5, 5.41) is 0. The molecular formula is C23H30N2O5. The summed E-state index contributed by atoms with van der Waals surface area (Å²) in [4.78, 5) is 16.7. The van der Waals surface area contributed by atoms with Crippen LogP contribution >= 0.6 is 0 Å². The summed E-state index contributed by atoms with van der Waals surface area (Å²) in [6, 6.07) is 11.5. The molecule has 162 valence electrons. The molecule has 0 spiro atoms. The Hall–Kier alpha value is -2.93. The van der Waals surface area contributed by atoms with Crippen molar-refractivity contribution in [3.63, 3.8) is 0 Å². The van der Waals surface area contributed by atoms with Gasteiger partial charge in [0.2, 0.25) is 0 Å². The summed E-state index contributed by atoms with van der Waals surface area (Å²) in [5.41, 5.74) is 2.15. The van der Waals surface area contributed by atoms with Gasteiger partial charge in [-0.2, -0.15) is 0 Å². The Kier molecular flexibility index (Phi) is 7.41. The summed E-state index contributed by atoms with van der Waals surface area (Å²) in [7, 11) is 4.93. The van der Waals surface area contributed by atoms with Crippen molar-refractivity contribution in [3.8, 4) is 23.0 Å². The van der Waals surface area contributed by atoms with Crippen LogP contribution in [0.2, 0.25) is 0 Å². The number of carbonyl (C=O) groups is 1. The van der Waals surface area contributed by atoms with E-state index in [2.05, 4.69) is 4.90 Å². The summed E-state index contributed by atoms with van der Waals surface area (Å²) in [6.45, 7) is 5.65. The minimum absolute atomic E-state index is 0.00310. The molecule has 2 aromatic rings. The Balaban J connectivity index is 1.51. The molecule has 0 atom stereocenters. The molecule has 0 aromatic heterocycles. The predicted octanol–water partition coefficient (Wildman–Crippen LogP) is 2.74. The minimum Gasteiger partial charge on any atom is -0.497 e. The zero-order valence-corrected chi connectivity index (χ0v) is 18.1. The van der Waals surface area contributed by atoms with Gasteiger partial charge < -0.3 is 23.8 Å². The molecule has 7 heteroatoms. The third-order valence-electron chi connectivity index (χ3n) is 5.28. The van der Waals surface area contributed by atoms with E-state index in [9.17, 15) is 4.79 Å². The molecule has 0 aliphatic carbocycles. The SMILES string of the molecule is COc1ccc(OC)c(CN2CCN(C(=O)COc3ccc(C)cc3OC)CC2)c1. The van der Waals surface area contributed by atoms with Crippen LogP contribution in [0.15, 0.2) is 36.4 Å². The maximum absolute atomic E-state index is 12.6. The van der Waals surface area contributed by atoms with E-state index in [1.807, 2.05) is 48.2 Å². The van der Waals surface area contributed by atoms with Gasteiger partial charge in [-0.05, 0) is 42.8 Å². The standard InChI is InChI=1S/C23H30N2O5/c1-17-5-7-21(22(13-17)29-4)30-16-23(26)25-11-9-24(10-12-25)15-18-14-19(27-2)6-8-20(18)28-3/h5-8,13-14H,9-12,15-16H2,1-4H3. The van der Waals surface area contributed by atoms with Gasteiger partial charge in [0.05, 0.1) is 21.3 Å². The second-order valence-corrected chi connectivity index (χ2v) is 7.28. The van der Waals surface area contributed by atoms with E-state index in [0.29, 0.717) is 24.6 Å². The first-order valence-corrected chi connectivity index (χ1v) is 10.0. The quantitative estimate of drug-likeness (QED) is 0.662. The van der Waals surface area contributed by atoms with E-state index < -0.39 is 0 Å². The smallest absolute Gasteiger partial charge is 0.260 e. The van der Waals surface area contributed by atoms with Crippen molar-refractivity contribution >= 4 is 5.91 Å². The van der Waals surface area contributed by atoms with E-state index in [0.717, 1.165) is 42.3 Å². The van der Waals surface area contributed by atoms with Crippen molar-refractivity contribution in [2.75, 3.05) is 54.1 Å². The molecule has 1 aliphatic heterocycles. The molecule has 0 N–H and O–H groups in total. The van der Waals surface area contributed by atoms with E-state index in [-0.39, 0.29) is 12.5 Å². The molecule has 0 radical (unpaired) electrons. The van der Waals surface area contributed by atoms with Crippen molar-refractivity contribution in [1.82, 2.24) is 9.80 Å². The molecule has 2 aromatic carbocycles. The first-order valence-electron chi connectivity index (χ1n) is 10.0. The van der Waals surface area contributed by atoms with Gasteiger partial charge in [-0.15, -0.1) is 0 Å². The molecule has 0 unspecified atom stereocenters. The molecule has 1 fully saturated rings. The third-order valence-corrected chi connectivity index (χ3v) is 5.28. The fraction of sp³-hybridized carbons (Fsp3) is 0.435. The highest BCUT2D eigenvalue weighted by Gasteiger charge is 2.22. The lowest BCUT2D eigenvalue weighted by Crippen LogP contribution is -2.49. The van der Waals surface area contributed by atoms with Crippen molar-refractivity contribution in [1.29, 1.82) is 0 Å². The Bertz CT molecular complexity index is 863. The van der Waals surface area contributed by atoms with Crippen molar-refractivity contribution in [3.05, 3.63) is 47.5 Å². The lowest BCUT2D eigenvalue weighted by Gasteiger charge is -2.35. The average molecular weight is 415 g/mol. The molecule has 1 heterocycles. The first-order chi connectivity index (χ1) is 14.5. The predicted molar refractivity (Wildman–Crippen MR) is 115 cm³/mol. The molecule has 1 aliphatic rings. The second kappa shape index (κ2) is 10.2. The first kappa shape index (κ1) is 21.8.